The van der Waals surface area contributed by atoms with Crippen LogP contribution in [-0.2, 0) is 4.79 Å². The maximum absolute atomic E-state index is 12.5. The van der Waals surface area contributed by atoms with Gasteiger partial charge in [-0.05, 0) is 6.92 Å². The van der Waals surface area contributed by atoms with Crippen molar-refractivity contribution in [3.63, 3.8) is 0 Å². The molecule has 0 bridgehead atoms. The molecule has 0 aromatic carbocycles. The number of carbonyl (C=O) groups is 1. The van der Waals surface area contributed by atoms with Crippen LogP contribution in [0.25, 0.3) is 0 Å². The average Bonchev–Trinajstić information content (AvgIpc) is 2.39. The van der Waals surface area contributed by atoms with E-state index in [0.717, 1.165) is 10.9 Å². The average molecular weight is 251 g/mol. The molecule has 0 aromatic rings. The highest BCUT2D eigenvalue weighted by Gasteiger charge is 2.26. The van der Waals surface area contributed by atoms with E-state index in [1.54, 1.807) is 31.5 Å². The van der Waals surface area contributed by atoms with Gasteiger partial charge in [0.05, 0.1) is 0 Å². The van der Waals surface area contributed by atoms with Crippen LogP contribution in [0.3, 0.4) is 0 Å². The monoisotopic (exact) mass is 251 g/mol. The van der Waals surface area contributed by atoms with Crippen molar-refractivity contribution in [3.05, 3.63) is 71.7 Å². The molecule has 0 N–H and O–H groups in total. The fourth-order valence-corrected chi connectivity index (χ4v) is 2.04. The smallest absolute Gasteiger partial charge is 0.196 e. The third-order valence-corrected chi connectivity index (χ3v) is 2.78. The molecule has 0 saturated carbocycles. The molecule has 19 heavy (non-hydrogen) atoms. The summed E-state index contributed by atoms with van der Waals surface area (Å²) in [6.07, 6.45) is 12.4. The summed E-state index contributed by atoms with van der Waals surface area (Å²) in [6.45, 7) is 9.26. The fourth-order valence-electron chi connectivity index (χ4n) is 2.04. The van der Waals surface area contributed by atoms with Crippen LogP contribution in [-0.4, -0.2) is 26.3 Å². The van der Waals surface area contributed by atoms with E-state index in [1.165, 1.54) is 0 Å². The Hall–Kier alpha value is -2.16. The minimum Gasteiger partial charge on any atom is -0.297 e. The summed E-state index contributed by atoms with van der Waals surface area (Å²) in [6, 6.07) is 0. The SMILES string of the molecule is C=C/C=C1/BC(/C=N\C)=C(/C=C\C)C(=O)/C1=C/C=C. The minimum atomic E-state index is 0.00671. The van der Waals surface area contributed by atoms with Crippen molar-refractivity contribution in [1.29, 1.82) is 0 Å². The van der Waals surface area contributed by atoms with Crippen molar-refractivity contribution in [3.8, 4) is 0 Å². The van der Waals surface area contributed by atoms with Crippen LogP contribution in [0.15, 0.2) is 76.7 Å². The molecule has 0 aliphatic carbocycles. The molecular formula is C16H18BNO. The van der Waals surface area contributed by atoms with E-state index in [1.807, 2.05) is 25.2 Å². The number of rotatable bonds is 4. The summed E-state index contributed by atoms with van der Waals surface area (Å²) in [5.74, 6) is 0.00671. The molecule has 2 nitrogen and oxygen atoms in total. The summed E-state index contributed by atoms with van der Waals surface area (Å²) in [5, 5.41) is 0. The van der Waals surface area contributed by atoms with Crippen LogP contribution in [0.5, 0.6) is 0 Å². The summed E-state index contributed by atoms with van der Waals surface area (Å²) < 4.78 is 0. The maximum atomic E-state index is 12.5. The van der Waals surface area contributed by atoms with E-state index < -0.39 is 0 Å². The van der Waals surface area contributed by atoms with E-state index in [0.29, 0.717) is 18.4 Å². The fraction of sp³-hybridized carbons (Fsp3) is 0.125. The zero-order valence-corrected chi connectivity index (χ0v) is 11.5. The third-order valence-electron chi connectivity index (χ3n) is 2.78. The quantitative estimate of drug-likeness (QED) is 0.429. The molecule has 0 radical (unpaired) electrons. The molecule has 1 aliphatic heterocycles. The summed E-state index contributed by atoms with van der Waals surface area (Å²) >= 11 is 0. The van der Waals surface area contributed by atoms with Gasteiger partial charge in [0.2, 0.25) is 0 Å². The second-order valence-electron chi connectivity index (χ2n) is 4.08. The predicted molar refractivity (Wildman–Crippen MR) is 85.0 cm³/mol. The molecule has 0 fully saturated rings. The van der Waals surface area contributed by atoms with Gasteiger partial charge in [-0.3, -0.25) is 9.79 Å². The van der Waals surface area contributed by atoms with Crippen molar-refractivity contribution in [1.82, 2.24) is 0 Å². The van der Waals surface area contributed by atoms with Crippen molar-refractivity contribution >= 4 is 19.3 Å². The lowest BCUT2D eigenvalue weighted by Gasteiger charge is -2.19. The normalized spacial score (nSPS) is 20.6. The Morgan fingerprint density at radius 3 is 2.42 bits per heavy atom. The lowest BCUT2D eigenvalue weighted by Crippen LogP contribution is -2.22. The number of hydrogen-bond donors (Lipinski definition) is 0. The highest BCUT2D eigenvalue weighted by Crippen LogP contribution is 2.25. The first-order valence-electron chi connectivity index (χ1n) is 6.17. The predicted octanol–water partition coefficient (Wildman–Crippen LogP) is 2.72. The molecule has 0 amide bonds. The van der Waals surface area contributed by atoms with E-state index in [4.69, 9.17) is 0 Å². The Labute approximate surface area is 115 Å². The van der Waals surface area contributed by atoms with Crippen molar-refractivity contribution in [2.24, 2.45) is 4.99 Å². The Kier molecular flexibility index (Phi) is 5.74. The molecule has 0 atom stereocenters. The van der Waals surface area contributed by atoms with Crippen LogP contribution in [0.4, 0.5) is 0 Å². The lowest BCUT2D eigenvalue weighted by atomic mass is 9.54. The summed E-state index contributed by atoms with van der Waals surface area (Å²) in [4.78, 5) is 16.5. The molecule has 1 aliphatic rings. The standard InChI is InChI=1S/C16H18BNO/c1-5-8-12-14(10-7-3)17-15(11-18-4)13(9-6-2)16(12)19/h5-11,17H,1,3H2,2,4H3/b9-6-,12-8+,14-10+,18-11-. The molecule has 0 unspecified atom stereocenters. The number of allylic oxidation sites excluding steroid dienone is 10. The van der Waals surface area contributed by atoms with Gasteiger partial charge in [0.25, 0.3) is 0 Å². The molecule has 1 rings (SSSR count). The molecule has 1 heterocycles. The molecule has 0 aromatic heterocycles. The van der Waals surface area contributed by atoms with Gasteiger partial charge in [0, 0.05) is 24.4 Å². The first-order chi connectivity index (χ1) is 9.19. The van der Waals surface area contributed by atoms with E-state index >= 15 is 0 Å². The van der Waals surface area contributed by atoms with Gasteiger partial charge in [-0.25, -0.2) is 0 Å². The molecule has 96 valence electrons. The van der Waals surface area contributed by atoms with Gasteiger partial charge in [-0.1, -0.05) is 60.6 Å². The Morgan fingerprint density at radius 1 is 1.21 bits per heavy atom. The number of carbonyl (C=O) groups excluding carboxylic acids is 1. The van der Waals surface area contributed by atoms with Gasteiger partial charge in [-0.15, -0.1) is 0 Å². The van der Waals surface area contributed by atoms with E-state index in [9.17, 15) is 4.79 Å². The van der Waals surface area contributed by atoms with E-state index in [2.05, 4.69) is 18.2 Å². The Morgan fingerprint density at radius 2 is 1.89 bits per heavy atom. The van der Waals surface area contributed by atoms with Crippen LogP contribution < -0.4 is 0 Å². The van der Waals surface area contributed by atoms with Crippen molar-refractivity contribution < 1.29 is 4.79 Å². The van der Waals surface area contributed by atoms with E-state index in [-0.39, 0.29) is 5.78 Å². The number of ketones is 1. The molecular weight excluding hydrogens is 233 g/mol. The summed E-state index contributed by atoms with van der Waals surface area (Å²) in [5.41, 5.74) is 3.25. The maximum Gasteiger partial charge on any atom is 0.196 e. The largest absolute Gasteiger partial charge is 0.297 e. The highest BCUT2D eigenvalue weighted by molar-refractivity contribution is 6.65. The van der Waals surface area contributed by atoms with Gasteiger partial charge in [-0.2, -0.15) is 0 Å². The molecule has 0 saturated heterocycles. The Bertz CT molecular complexity index is 545. The van der Waals surface area contributed by atoms with Crippen LogP contribution >= 0.6 is 0 Å². The summed E-state index contributed by atoms with van der Waals surface area (Å²) in [7, 11) is 2.38. The van der Waals surface area contributed by atoms with Crippen LogP contribution in [0.2, 0.25) is 0 Å². The minimum absolute atomic E-state index is 0.00671. The zero-order valence-electron chi connectivity index (χ0n) is 11.5. The van der Waals surface area contributed by atoms with Gasteiger partial charge >= 0.3 is 0 Å². The van der Waals surface area contributed by atoms with Gasteiger partial charge < -0.3 is 0 Å². The lowest BCUT2D eigenvalue weighted by molar-refractivity contribution is -0.111. The third kappa shape index (κ3) is 3.41. The number of nitrogens with zero attached hydrogens (tertiary/aromatic N) is 1. The Balaban J connectivity index is 3.48. The van der Waals surface area contributed by atoms with Gasteiger partial charge in [0.1, 0.15) is 0 Å². The second kappa shape index (κ2) is 7.32. The van der Waals surface area contributed by atoms with Gasteiger partial charge in [0.15, 0.2) is 13.1 Å². The van der Waals surface area contributed by atoms with Crippen LogP contribution in [0.1, 0.15) is 6.92 Å². The molecule has 0 spiro atoms. The van der Waals surface area contributed by atoms with Crippen LogP contribution in [0, 0.1) is 0 Å². The number of aliphatic imine (C=N–C) groups is 1. The topological polar surface area (TPSA) is 29.4 Å². The highest BCUT2D eigenvalue weighted by atomic mass is 16.1. The zero-order chi connectivity index (χ0) is 14.3. The van der Waals surface area contributed by atoms with Crippen molar-refractivity contribution in [2.45, 2.75) is 6.92 Å². The number of hydrogen-bond acceptors (Lipinski definition) is 2. The first-order valence-corrected chi connectivity index (χ1v) is 6.17. The second-order valence-corrected chi connectivity index (χ2v) is 4.08. The molecule has 3 heteroatoms. The number of Topliss-reactive ketones (excluding diaryl/α,β-unsaturated/α-hetero) is 1. The first kappa shape index (κ1) is 14.9. The van der Waals surface area contributed by atoms with Crippen molar-refractivity contribution in [2.75, 3.05) is 7.05 Å².